The summed E-state index contributed by atoms with van der Waals surface area (Å²) in [5.41, 5.74) is 1.40. The molecule has 8 heteroatoms. The first-order valence-corrected chi connectivity index (χ1v) is 6.23. The SMILES string of the molecule is CCn1ncc(CNCc2ccnn2CCF)c1F.Cl. The molecule has 0 bridgehead atoms. The van der Waals surface area contributed by atoms with E-state index in [-0.39, 0.29) is 24.9 Å². The zero-order valence-electron chi connectivity index (χ0n) is 11.2. The summed E-state index contributed by atoms with van der Waals surface area (Å²) < 4.78 is 28.9. The maximum atomic E-state index is 13.7. The van der Waals surface area contributed by atoms with Gasteiger partial charge in [0.25, 0.3) is 0 Å². The molecule has 2 heterocycles. The van der Waals surface area contributed by atoms with Crippen molar-refractivity contribution >= 4 is 12.4 Å². The molecule has 0 atom stereocenters. The van der Waals surface area contributed by atoms with Crippen LogP contribution in [0.3, 0.4) is 0 Å². The van der Waals surface area contributed by atoms with E-state index in [2.05, 4.69) is 15.5 Å². The second kappa shape index (κ2) is 7.96. The summed E-state index contributed by atoms with van der Waals surface area (Å²) in [6.07, 6.45) is 3.15. The Bertz CT molecular complexity index is 526. The van der Waals surface area contributed by atoms with Gasteiger partial charge in [-0.05, 0) is 13.0 Å². The van der Waals surface area contributed by atoms with Gasteiger partial charge in [0, 0.05) is 31.4 Å². The van der Waals surface area contributed by atoms with Gasteiger partial charge >= 0.3 is 0 Å². The molecule has 2 aromatic rings. The molecule has 0 aliphatic carbocycles. The molecule has 112 valence electrons. The van der Waals surface area contributed by atoms with E-state index in [9.17, 15) is 8.78 Å². The molecule has 0 amide bonds. The van der Waals surface area contributed by atoms with E-state index in [1.807, 2.05) is 13.0 Å². The van der Waals surface area contributed by atoms with Gasteiger partial charge < -0.3 is 5.32 Å². The first kappa shape index (κ1) is 16.6. The summed E-state index contributed by atoms with van der Waals surface area (Å²) >= 11 is 0. The highest BCUT2D eigenvalue weighted by Crippen LogP contribution is 2.06. The minimum absolute atomic E-state index is 0. The third-order valence-corrected chi connectivity index (χ3v) is 2.87. The predicted octanol–water partition coefficient (Wildman–Crippen LogP) is 1.92. The number of halogens is 3. The van der Waals surface area contributed by atoms with E-state index in [0.717, 1.165) is 5.69 Å². The second-order valence-corrected chi connectivity index (χ2v) is 4.11. The average Bonchev–Trinajstić information content (AvgIpc) is 2.98. The largest absolute Gasteiger partial charge is 0.307 e. The van der Waals surface area contributed by atoms with Crippen LogP contribution < -0.4 is 5.32 Å². The lowest BCUT2D eigenvalue weighted by Crippen LogP contribution is -2.17. The van der Waals surface area contributed by atoms with E-state index >= 15 is 0 Å². The van der Waals surface area contributed by atoms with Crippen molar-refractivity contribution in [1.29, 1.82) is 0 Å². The predicted molar refractivity (Wildman–Crippen MR) is 73.9 cm³/mol. The van der Waals surface area contributed by atoms with E-state index in [0.29, 0.717) is 25.2 Å². The van der Waals surface area contributed by atoms with Gasteiger partial charge in [0.05, 0.1) is 18.4 Å². The van der Waals surface area contributed by atoms with Crippen LogP contribution in [0.1, 0.15) is 18.2 Å². The fourth-order valence-corrected chi connectivity index (χ4v) is 1.87. The smallest absolute Gasteiger partial charge is 0.215 e. The standard InChI is InChI=1S/C12H17F2N5.ClH/c1-2-18-12(14)10(8-17-18)7-15-9-11-3-5-16-19(11)6-4-13;/h3,5,8,15H,2,4,6-7,9H2,1H3;1H. The Labute approximate surface area is 122 Å². The zero-order valence-corrected chi connectivity index (χ0v) is 12.0. The topological polar surface area (TPSA) is 47.7 Å². The van der Waals surface area contributed by atoms with E-state index in [4.69, 9.17) is 0 Å². The molecule has 2 rings (SSSR count). The number of rotatable bonds is 7. The first-order chi connectivity index (χ1) is 9.26. The third-order valence-electron chi connectivity index (χ3n) is 2.87. The summed E-state index contributed by atoms with van der Waals surface area (Å²) in [6, 6.07) is 1.81. The Morgan fingerprint density at radius 2 is 2.05 bits per heavy atom. The van der Waals surface area contributed by atoms with Crippen LogP contribution in [0.2, 0.25) is 0 Å². The van der Waals surface area contributed by atoms with Crippen LogP contribution in [0.15, 0.2) is 18.5 Å². The van der Waals surface area contributed by atoms with Gasteiger partial charge in [-0.15, -0.1) is 12.4 Å². The molecule has 2 aromatic heterocycles. The first-order valence-electron chi connectivity index (χ1n) is 6.23. The molecule has 0 radical (unpaired) electrons. The van der Waals surface area contributed by atoms with Crippen LogP contribution in [-0.4, -0.2) is 26.2 Å². The molecular formula is C12H18ClF2N5. The fourth-order valence-electron chi connectivity index (χ4n) is 1.87. The maximum Gasteiger partial charge on any atom is 0.215 e. The van der Waals surface area contributed by atoms with Gasteiger partial charge in [-0.3, -0.25) is 4.68 Å². The summed E-state index contributed by atoms with van der Waals surface area (Å²) in [5, 5.41) is 11.0. The molecular weight excluding hydrogens is 288 g/mol. The van der Waals surface area contributed by atoms with Gasteiger partial charge in [0.15, 0.2) is 0 Å². The number of nitrogens with one attached hydrogen (secondary N) is 1. The van der Waals surface area contributed by atoms with Crippen molar-refractivity contribution in [3.05, 3.63) is 35.7 Å². The van der Waals surface area contributed by atoms with Crippen molar-refractivity contribution < 1.29 is 8.78 Å². The Kier molecular flexibility index (Phi) is 6.60. The van der Waals surface area contributed by atoms with E-state index < -0.39 is 6.67 Å². The molecule has 0 saturated carbocycles. The van der Waals surface area contributed by atoms with Gasteiger partial charge in [-0.25, -0.2) is 9.07 Å². The van der Waals surface area contributed by atoms with Crippen LogP contribution in [0.4, 0.5) is 8.78 Å². The van der Waals surface area contributed by atoms with Crippen LogP contribution in [-0.2, 0) is 26.2 Å². The van der Waals surface area contributed by atoms with Gasteiger partial charge in [0.2, 0.25) is 5.95 Å². The molecule has 5 nitrogen and oxygen atoms in total. The Morgan fingerprint density at radius 1 is 1.25 bits per heavy atom. The number of hydrogen-bond donors (Lipinski definition) is 1. The van der Waals surface area contributed by atoms with Crippen LogP contribution in [0, 0.1) is 5.95 Å². The monoisotopic (exact) mass is 305 g/mol. The maximum absolute atomic E-state index is 13.7. The van der Waals surface area contributed by atoms with Crippen LogP contribution in [0.25, 0.3) is 0 Å². The van der Waals surface area contributed by atoms with Crippen molar-refractivity contribution in [2.24, 2.45) is 0 Å². The number of aryl methyl sites for hydroxylation is 2. The number of nitrogens with zero attached hydrogens (tertiary/aromatic N) is 4. The molecule has 0 aliphatic rings. The third kappa shape index (κ3) is 3.77. The summed E-state index contributed by atoms with van der Waals surface area (Å²) in [6.45, 7) is 3.03. The molecule has 20 heavy (non-hydrogen) atoms. The van der Waals surface area contributed by atoms with Crippen LogP contribution >= 0.6 is 12.4 Å². The zero-order chi connectivity index (χ0) is 13.7. The summed E-state index contributed by atoms with van der Waals surface area (Å²) in [4.78, 5) is 0. The molecule has 0 unspecified atom stereocenters. The lowest BCUT2D eigenvalue weighted by Gasteiger charge is -2.06. The number of hydrogen-bond acceptors (Lipinski definition) is 3. The van der Waals surface area contributed by atoms with Crippen LogP contribution in [0.5, 0.6) is 0 Å². The summed E-state index contributed by atoms with van der Waals surface area (Å²) in [7, 11) is 0. The second-order valence-electron chi connectivity index (χ2n) is 4.11. The molecule has 0 spiro atoms. The van der Waals surface area contributed by atoms with Crippen molar-refractivity contribution in [3.8, 4) is 0 Å². The van der Waals surface area contributed by atoms with E-state index in [1.165, 1.54) is 10.9 Å². The number of aromatic nitrogens is 4. The highest BCUT2D eigenvalue weighted by Gasteiger charge is 2.09. The van der Waals surface area contributed by atoms with Gasteiger partial charge in [0.1, 0.15) is 6.67 Å². The minimum Gasteiger partial charge on any atom is -0.307 e. The Balaban J connectivity index is 0.00000200. The van der Waals surface area contributed by atoms with Crippen molar-refractivity contribution in [2.45, 2.75) is 33.1 Å². The fraction of sp³-hybridized carbons (Fsp3) is 0.500. The molecule has 0 saturated heterocycles. The van der Waals surface area contributed by atoms with Gasteiger partial charge in [-0.1, -0.05) is 0 Å². The lowest BCUT2D eigenvalue weighted by molar-refractivity contribution is 0.416. The van der Waals surface area contributed by atoms with Crippen molar-refractivity contribution in [3.63, 3.8) is 0 Å². The summed E-state index contributed by atoms with van der Waals surface area (Å²) in [5.74, 6) is -0.313. The molecule has 0 aromatic carbocycles. The van der Waals surface area contributed by atoms with Crippen molar-refractivity contribution in [1.82, 2.24) is 24.9 Å². The molecule has 1 N–H and O–H groups in total. The average molecular weight is 306 g/mol. The lowest BCUT2D eigenvalue weighted by atomic mass is 10.3. The number of alkyl halides is 1. The Morgan fingerprint density at radius 3 is 2.70 bits per heavy atom. The van der Waals surface area contributed by atoms with Crippen molar-refractivity contribution in [2.75, 3.05) is 6.67 Å². The molecule has 0 aliphatic heterocycles. The quantitative estimate of drug-likeness (QED) is 0.850. The normalized spacial score (nSPS) is 10.6. The minimum atomic E-state index is -0.452. The highest BCUT2D eigenvalue weighted by atomic mass is 35.5. The highest BCUT2D eigenvalue weighted by molar-refractivity contribution is 5.85. The van der Waals surface area contributed by atoms with Gasteiger partial charge in [-0.2, -0.15) is 14.6 Å². The Hall–Kier alpha value is -1.47. The van der Waals surface area contributed by atoms with E-state index in [1.54, 1.807) is 10.9 Å². The molecule has 0 fully saturated rings.